The second kappa shape index (κ2) is 6.63. The molecular formula is C18H20ClNO2S. The number of hydrogen-bond acceptors (Lipinski definition) is 2. The third kappa shape index (κ3) is 3.94. The van der Waals surface area contributed by atoms with Crippen LogP contribution in [-0.4, -0.2) is 8.42 Å². The van der Waals surface area contributed by atoms with Gasteiger partial charge in [0, 0.05) is 11.1 Å². The van der Waals surface area contributed by atoms with Crippen molar-refractivity contribution in [1.82, 2.24) is 4.72 Å². The van der Waals surface area contributed by atoms with E-state index in [9.17, 15) is 8.42 Å². The Balaban J connectivity index is 1.74. The first-order valence-corrected chi connectivity index (χ1v) is 9.83. The minimum Gasteiger partial charge on any atom is -0.212 e. The van der Waals surface area contributed by atoms with Crippen molar-refractivity contribution >= 4 is 21.6 Å². The average molecular weight is 350 g/mol. The fraction of sp³-hybridized carbons (Fsp3) is 0.333. The molecule has 1 aliphatic rings. The lowest BCUT2D eigenvalue weighted by molar-refractivity contribution is 0.566. The minimum atomic E-state index is -3.45. The Hall–Kier alpha value is -1.36. The van der Waals surface area contributed by atoms with Crippen molar-refractivity contribution in [3.8, 4) is 0 Å². The van der Waals surface area contributed by atoms with Crippen LogP contribution in [0.25, 0.3) is 0 Å². The normalized spacial score (nSPS) is 15.4. The van der Waals surface area contributed by atoms with Crippen molar-refractivity contribution in [3.63, 3.8) is 0 Å². The number of fused-ring (bicyclic) bond motifs is 1. The van der Waals surface area contributed by atoms with E-state index >= 15 is 0 Å². The van der Waals surface area contributed by atoms with Gasteiger partial charge in [-0.05, 0) is 54.5 Å². The monoisotopic (exact) mass is 349 g/mol. The summed E-state index contributed by atoms with van der Waals surface area (Å²) in [6.45, 7) is 1.88. The molecule has 3 nitrogen and oxygen atoms in total. The molecule has 0 saturated carbocycles. The van der Waals surface area contributed by atoms with E-state index in [1.807, 2.05) is 13.0 Å². The van der Waals surface area contributed by atoms with Gasteiger partial charge >= 0.3 is 0 Å². The van der Waals surface area contributed by atoms with Crippen molar-refractivity contribution in [2.24, 2.45) is 0 Å². The molecule has 0 fully saturated rings. The molecule has 0 aromatic heterocycles. The summed E-state index contributed by atoms with van der Waals surface area (Å²) in [5, 5.41) is 0.475. The second-order valence-electron chi connectivity index (χ2n) is 6.07. The predicted octanol–water partition coefficient (Wildman–Crippen LogP) is 4.01. The maximum Gasteiger partial charge on any atom is 0.216 e. The van der Waals surface area contributed by atoms with Gasteiger partial charge in [0.1, 0.15) is 0 Å². The first kappa shape index (κ1) is 16.5. The van der Waals surface area contributed by atoms with Crippen molar-refractivity contribution in [1.29, 1.82) is 0 Å². The van der Waals surface area contributed by atoms with E-state index < -0.39 is 10.0 Å². The van der Waals surface area contributed by atoms with Gasteiger partial charge in [0.05, 0.1) is 5.75 Å². The third-order valence-corrected chi connectivity index (χ3v) is 6.05. The van der Waals surface area contributed by atoms with Crippen LogP contribution in [-0.2, 0) is 28.6 Å². The smallest absolute Gasteiger partial charge is 0.212 e. The Kier molecular flexibility index (Phi) is 4.76. The molecule has 0 heterocycles. The Morgan fingerprint density at radius 1 is 1.13 bits per heavy atom. The van der Waals surface area contributed by atoms with Gasteiger partial charge in [-0.2, -0.15) is 0 Å². The van der Waals surface area contributed by atoms with Crippen molar-refractivity contribution in [3.05, 3.63) is 69.7 Å². The predicted molar refractivity (Wildman–Crippen MR) is 94.1 cm³/mol. The van der Waals surface area contributed by atoms with Gasteiger partial charge in [0.2, 0.25) is 10.0 Å². The molecule has 1 aliphatic carbocycles. The Morgan fingerprint density at radius 2 is 1.87 bits per heavy atom. The van der Waals surface area contributed by atoms with Gasteiger partial charge in [0.25, 0.3) is 0 Å². The molecule has 23 heavy (non-hydrogen) atoms. The van der Waals surface area contributed by atoms with Crippen LogP contribution in [0, 0.1) is 0 Å². The molecule has 1 atom stereocenters. The molecule has 0 radical (unpaired) electrons. The molecular weight excluding hydrogens is 330 g/mol. The Labute approximate surface area is 142 Å². The molecule has 0 amide bonds. The van der Waals surface area contributed by atoms with Crippen molar-refractivity contribution in [2.45, 2.75) is 38.0 Å². The van der Waals surface area contributed by atoms with Gasteiger partial charge < -0.3 is 0 Å². The van der Waals surface area contributed by atoms with E-state index in [1.54, 1.807) is 24.3 Å². The van der Waals surface area contributed by atoms with Crippen molar-refractivity contribution in [2.75, 3.05) is 0 Å². The maximum absolute atomic E-state index is 12.4. The number of halogens is 1. The maximum atomic E-state index is 12.4. The number of benzene rings is 2. The van der Waals surface area contributed by atoms with Crippen molar-refractivity contribution < 1.29 is 8.42 Å². The summed E-state index contributed by atoms with van der Waals surface area (Å²) in [7, 11) is -3.45. The lowest BCUT2D eigenvalue weighted by Crippen LogP contribution is -2.28. The molecule has 3 rings (SSSR count). The average Bonchev–Trinajstić information content (AvgIpc) is 2.96. The van der Waals surface area contributed by atoms with Crippen LogP contribution in [0.2, 0.25) is 5.02 Å². The molecule has 0 aliphatic heterocycles. The second-order valence-corrected chi connectivity index (χ2v) is 8.23. The molecule has 0 spiro atoms. The molecule has 2 aromatic carbocycles. The van der Waals surface area contributed by atoms with Crippen LogP contribution in [0.3, 0.4) is 0 Å². The summed E-state index contributed by atoms with van der Waals surface area (Å²) in [6.07, 6.45) is 3.40. The quantitative estimate of drug-likeness (QED) is 0.886. The number of sulfonamides is 1. The van der Waals surface area contributed by atoms with E-state index in [0.29, 0.717) is 10.6 Å². The zero-order valence-electron chi connectivity index (χ0n) is 13.0. The van der Waals surface area contributed by atoms with E-state index in [0.717, 1.165) is 18.4 Å². The highest BCUT2D eigenvalue weighted by Gasteiger charge is 2.19. The SMILES string of the molecule is C[C@@H](NS(=O)(=O)Cc1ccccc1Cl)c1ccc2c(c1)CCC2. The Bertz CT molecular complexity index is 818. The van der Waals surface area contributed by atoms with Gasteiger partial charge in [0.15, 0.2) is 0 Å². The minimum absolute atomic E-state index is 0.109. The molecule has 122 valence electrons. The lowest BCUT2D eigenvalue weighted by atomic mass is 10.0. The molecule has 2 aromatic rings. The highest BCUT2D eigenvalue weighted by molar-refractivity contribution is 7.88. The summed E-state index contributed by atoms with van der Waals surface area (Å²) in [6, 6.07) is 13.0. The number of hydrogen-bond donors (Lipinski definition) is 1. The number of nitrogens with one attached hydrogen (secondary N) is 1. The van der Waals surface area contributed by atoms with Crippen LogP contribution in [0.4, 0.5) is 0 Å². The van der Waals surface area contributed by atoms with Crippen LogP contribution >= 0.6 is 11.6 Å². The van der Waals surface area contributed by atoms with E-state index in [4.69, 9.17) is 11.6 Å². The summed E-state index contributed by atoms with van der Waals surface area (Å²) >= 11 is 6.06. The molecule has 0 saturated heterocycles. The van der Waals surface area contributed by atoms with Crippen LogP contribution in [0.5, 0.6) is 0 Å². The largest absolute Gasteiger partial charge is 0.216 e. The summed E-state index contributed by atoms with van der Waals surface area (Å²) < 4.78 is 27.6. The standard InChI is InChI=1S/C18H20ClNO2S/c1-13(15-10-9-14-6-4-7-16(14)11-15)20-23(21,22)12-17-5-2-3-8-18(17)19/h2-3,5,8-11,13,20H,4,6-7,12H2,1H3/t13-/m1/s1. The molecule has 0 bridgehead atoms. The summed E-state index contributed by atoms with van der Waals surface area (Å²) in [4.78, 5) is 0. The van der Waals surface area contributed by atoms with Crippen LogP contribution in [0.1, 0.15) is 41.6 Å². The fourth-order valence-electron chi connectivity index (χ4n) is 3.06. The number of aryl methyl sites for hydroxylation is 2. The third-order valence-electron chi connectivity index (χ3n) is 4.28. The molecule has 1 N–H and O–H groups in total. The summed E-state index contributed by atoms with van der Waals surface area (Å²) in [5.74, 6) is -0.109. The summed E-state index contributed by atoms with van der Waals surface area (Å²) in [5.41, 5.74) is 4.36. The van der Waals surface area contributed by atoms with Crippen LogP contribution < -0.4 is 4.72 Å². The fourth-order valence-corrected chi connectivity index (χ4v) is 4.76. The molecule has 5 heteroatoms. The van der Waals surface area contributed by atoms with Crippen LogP contribution in [0.15, 0.2) is 42.5 Å². The number of rotatable bonds is 5. The van der Waals surface area contributed by atoms with E-state index in [-0.39, 0.29) is 11.8 Å². The van der Waals surface area contributed by atoms with Gasteiger partial charge in [-0.25, -0.2) is 13.1 Å². The highest BCUT2D eigenvalue weighted by atomic mass is 35.5. The van der Waals surface area contributed by atoms with Gasteiger partial charge in [-0.15, -0.1) is 0 Å². The topological polar surface area (TPSA) is 46.2 Å². The zero-order valence-corrected chi connectivity index (χ0v) is 14.6. The lowest BCUT2D eigenvalue weighted by Gasteiger charge is -2.16. The Morgan fingerprint density at radius 3 is 2.65 bits per heavy atom. The first-order valence-electron chi connectivity index (χ1n) is 7.80. The molecule has 0 unspecified atom stereocenters. The van der Waals surface area contributed by atoms with Gasteiger partial charge in [-0.3, -0.25) is 0 Å². The zero-order chi connectivity index (χ0) is 16.4. The first-order chi connectivity index (χ1) is 10.9. The highest BCUT2D eigenvalue weighted by Crippen LogP contribution is 2.26. The van der Waals surface area contributed by atoms with Gasteiger partial charge in [-0.1, -0.05) is 48.0 Å². The van der Waals surface area contributed by atoms with E-state index in [2.05, 4.69) is 16.9 Å². The van der Waals surface area contributed by atoms with E-state index in [1.165, 1.54) is 17.5 Å².